The van der Waals surface area contributed by atoms with Gasteiger partial charge in [-0.15, -0.1) is 0 Å². The summed E-state index contributed by atoms with van der Waals surface area (Å²) in [6.45, 7) is 0. The highest BCUT2D eigenvalue weighted by atomic mass is 16.5. The lowest BCUT2D eigenvalue weighted by Gasteiger charge is -2.45. The molecule has 0 N–H and O–H groups in total. The highest BCUT2D eigenvalue weighted by molar-refractivity contribution is 5.78. The fraction of sp³-hybridized carbons (Fsp3) is 0.0294. The Morgan fingerprint density at radius 2 is 1.05 bits per heavy atom. The molecule has 1 unspecified atom stereocenters. The Kier molecular flexibility index (Phi) is 4.67. The number of rotatable bonds is 2. The van der Waals surface area contributed by atoms with Gasteiger partial charge in [-0.25, -0.2) is 9.97 Å². The van der Waals surface area contributed by atoms with Crippen LogP contribution in [0.2, 0.25) is 0 Å². The van der Waals surface area contributed by atoms with Gasteiger partial charge in [0.15, 0.2) is 0 Å². The Labute approximate surface area is 225 Å². The second-order valence-electron chi connectivity index (χ2n) is 9.71. The number of fused-ring (bicyclic) bond motifs is 8. The van der Waals surface area contributed by atoms with Gasteiger partial charge in [0.05, 0.1) is 11.1 Å². The molecule has 0 fully saturated rings. The highest BCUT2D eigenvalue weighted by Gasteiger charge is 2.50. The molecule has 4 heterocycles. The molecule has 1 spiro atoms. The maximum absolute atomic E-state index is 6.61. The van der Waals surface area contributed by atoms with Gasteiger partial charge >= 0.3 is 0 Å². The first kappa shape index (κ1) is 21.8. The SMILES string of the molecule is c1ccc(-c2ccc3c(c2)Oc2ccccc2C32c3ccccc3Oc3cc(-c4cncnc4)ccc32)nc1. The zero-order chi connectivity index (χ0) is 25.8. The summed E-state index contributed by atoms with van der Waals surface area (Å²) in [7, 11) is 0. The van der Waals surface area contributed by atoms with Gasteiger partial charge in [0, 0.05) is 52.0 Å². The summed E-state index contributed by atoms with van der Waals surface area (Å²) in [5, 5.41) is 0. The third-order valence-corrected chi connectivity index (χ3v) is 7.65. The van der Waals surface area contributed by atoms with E-state index in [-0.39, 0.29) is 0 Å². The van der Waals surface area contributed by atoms with Gasteiger partial charge in [0.2, 0.25) is 0 Å². The molecule has 5 nitrogen and oxygen atoms in total. The zero-order valence-corrected chi connectivity index (χ0v) is 20.8. The largest absolute Gasteiger partial charge is 0.457 e. The lowest BCUT2D eigenvalue weighted by Crippen LogP contribution is -2.36. The molecule has 8 rings (SSSR count). The summed E-state index contributed by atoms with van der Waals surface area (Å²) in [5.74, 6) is 3.25. The predicted molar refractivity (Wildman–Crippen MR) is 149 cm³/mol. The lowest BCUT2D eigenvalue weighted by atomic mass is 9.62. The molecule has 1 atom stereocenters. The number of aromatic nitrogens is 3. The van der Waals surface area contributed by atoms with Crippen molar-refractivity contribution in [2.45, 2.75) is 5.41 Å². The Morgan fingerprint density at radius 1 is 0.487 bits per heavy atom. The van der Waals surface area contributed by atoms with E-state index in [2.05, 4.69) is 75.6 Å². The van der Waals surface area contributed by atoms with Crippen molar-refractivity contribution in [2.24, 2.45) is 0 Å². The van der Waals surface area contributed by atoms with Crippen LogP contribution in [0.15, 0.2) is 128 Å². The first-order chi connectivity index (χ1) is 19.3. The highest BCUT2D eigenvalue weighted by Crippen LogP contribution is 2.61. The van der Waals surface area contributed by atoms with Crippen LogP contribution in [0.1, 0.15) is 22.3 Å². The molecule has 2 aromatic heterocycles. The fourth-order valence-corrected chi connectivity index (χ4v) is 5.99. The first-order valence-corrected chi connectivity index (χ1v) is 12.8. The van der Waals surface area contributed by atoms with Crippen molar-refractivity contribution in [3.8, 4) is 45.4 Å². The number of hydrogen-bond acceptors (Lipinski definition) is 5. The van der Waals surface area contributed by atoms with Crippen molar-refractivity contribution >= 4 is 0 Å². The third-order valence-electron chi connectivity index (χ3n) is 7.65. The second-order valence-corrected chi connectivity index (χ2v) is 9.71. The average molecular weight is 504 g/mol. The molecule has 0 saturated heterocycles. The maximum Gasteiger partial charge on any atom is 0.132 e. The molecule has 0 saturated carbocycles. The van der Waals surface area contributed by atoms with E-state index < -0.39 is 5.41 Å². The fourth-order valence-electron chi connectivity index (χ4n) is 5.99. The molecule has 2 aliphatic heterocycles. The minimum absolute atomic E-state index is 0.636. The van der Waals surface area contributed by atoms with Crippen LogP contribution >= 0.6 is 0 Å². The van der Waals surface area contributed by atoms with Gasteiger partial charge in [-0.05, 0) is 42.0 Å². The third kappa shape index (κ3) is 3.17. The number of nitrogens with zero attached hydrogens (tertiary/aromatic N) is 3. The van der Waals surface area contributed by atoms with Crippen molar-refractivity contribution in [3.05, 3.63) is 150 Å². The van der Waals surface area contributed by atoms with E-state index in [9.17, 15) is 0 Å². The smallest absolute Gasteiger partial charge is 0.132 e. The van der Waals surface area contributed by atoms with E-state index in [4.69, 9.17) is 9.47 Å². The van der Waals surface area contributed by atoms with Gasteiger partial charge in [-0.3, -0.25) is 4.98 Å². The van der Waals surface area contributed by atoms with Crippen molar-refractivity contribution in [2.75, 3.05) is 0 Å². The normalized spacial score (nSPS) is 16.2. The molecule has 5 heteroatoms. The number of ether oxygens (including phenoxy) is 2. The van der Waals surface area contributed by atoms with Crippen LogP contribution in [-0.4, -0.2) is 15.0 Å². The van der Waals surface area contributed by atoms with Gasteiger partial charge in [-0.1, -0.05) is 66.7 Å². The summed E-state index contributed by atoms with van der Waals surface area (Å²) in [5.41, 5.74) is 7.48. The summed E-state index contributed by atoms with van der Waals surface area (Å²) < 4.78 is 13.2. The number of benzene rings is 4. The summed E-state index contributed by atoms with van der Waals surface area (Å²) >= 11 is 0. The molecule has 184 valence electrons. The monoisotopic (exact) mass is 503 g/mol. The Hall–Kier alpha value is -5.29. The van der Waals surface area contributed by atoms with Crippen molar-refractivity contribution in [1.82, 2.24) is 15.0 Å². The molecule has 2 aliphatic rings. The second kappa shape index (κ2) is 8.36. The molecule has 6 aromatic rings. The van der Waals surface area contributed by atoms with Gasteiger partial charge in [0.25, 0.3) is 0 Å². The molecule has 0 bridgehead atoms. The molecule has 0 radical (unpaired) electrons. The van der Waals surface area contributed by atoms with Crippen molar-refractivity contribution in [3.63, 3.8) is 0 Å². The van der Waals surface area contributed by atoms with Crippen LogP contribution in [0.3, 0.4) is 0 Å². The number of hydrogen-bond donors (Lipinski definition) is 0. The molecule has 0 aliphatic carbocycles. The minimum Gasteiger partial charge on any atom is -0.457 e. The zero-order valence-electron chi connectivity index (χ0n) is 20.8. The van der Waals surface area contributed by atoms with E-state index in [0.29, 0.717) is 0 Å². The molecule has 4 aromatic carbocycles. The van der Waals surface area contributed by atoms with E-state index in [1.54, 1.807) is 6.33 Å². The Morgan fingerprint density at radius 3 is 1.69 bits per heavy atom. The summed E-state index contributed by atoms with van der Waals surface area (Å²) in [4.78, 5) is 13.0. The standard InChI is InChI=1S/C34H21N3O2/c1-3-10-30-25(7-1)34(27-14-12-22(17-32(27)38-30)24-19-35-21-36-20-24)26-8-2-4-11-31(26)39-33-18-23(13-15-28(33)34)29-9-5-6-16-37-29/h1-21H. The summed E-state index contributed by atoms with van der Waals surface area (Å²) in [6.07, 6.45) is 6.99. The van der Waals surface area contributed by atoms with Crippen LogP contribution in [0, 0.1) is 0 Å². The van der Waals surface area contributed by atoms with E-state index in [1.165, 1.54) is 0 Å². The summed E-state index contributed by atoms with van der Waals surface area (Å²) in [6, 6.07) is 35.3. The van der Waals surface area contributed by atoms with Crippen LogP contribution < -0.4 is 9.47 Å². The van der Waals surface area contributed by atoms with Crippen molar-refractivity contribution < 1.29 is 9.47 Å². The lowest BCUT2D eigenvalue weighted by molar-refractivity contribution is 0.399. The van der Waals surface area contributed by atoms with Crippen LogP contribution in [0.5, 0.6) is 23.0 Å². The van der Waals surface area contributed by atoms with Gasteiger partial charge in [-0.2, -0.15) is 0 Å². The molecular weight excluding hydrogens is 482 g/mol. The predicted octanol–water partition coefficient (Wildman–Crippen LogP) is 7.80. The van der Waals surface area contributed by atoms with Crippen molar-refractivity contribution in [1.29, 1.82) is 0 Å². The van der Waals surface area contributed by atoms with Crippen LogP contribution in [-0.2, 0) is 5.41 Å². The van der Waals surface area contributed by atoms with Crippen LogP contribution in [0.4, 0.5) is 0 Å². The Balaban J connectivity index is 1.44. The van der Waals surface area contributed by atoms with Gasteiger partial charge in [0.1, 0.15) is 29.3 Å². The maximum atomic E-state index is 6.61. The van der Waals surface area contributed by atoms with E-state index in [0.717, 1.165) is 67.6 Å². The quantitative estimate of drug-likeness (QED) is 0.241. The minimum atomic E-state index is -0.636. The average Bonchev–Trinajstić information content (AvgIpc) is 3.01. The topological polar surface area (TPSA) is 57.1 Å². The molecular formula is C34H21N3O2. The Bertz CT molecular complexity index is 1730. The van der Waals surface area contributed by atoms with E-state index in [1.807, 2.05) is 61.1 Å². The first-order valence-electron chi connectivity index (χ1n) is 12.8. The van der Waals surface area contributed by atoms with Gasteiger partial charge < -0.3 is 9.47 Å². The molecule has 0 amide bonds. The van der Waals surface area contributed by atoms with Crippen LogP contribution in [0.25, 0.3) is 22.4 Å². The number of pyridine rings is 1. The van der Waals surface area contributed by atoms with E-state index >= 15 is 0 Å². The number of para-hydroxylation sites is 2. The molecule has 39 heavy (non-hydrogen) atoms.